The van der Waals surface area contributed by atoms with Crippen LogP contribution >= 0.6 is 0 Å². The average Bonchev–Trinajstić information content (AvgIpc) is 2.84. The van der Waals surface area contributed by atoms with E-state index in [0.29, 0.717) is 19.4 Å². The maximum atomic E-state index is 12.2. The standard InChI is InChI=1S/C17H24N2O3/c1-4-12-7-6-8-13(5-2)16(12)18-15(20)10-9-14-11-19(3)17(21)22-14/h6-8,14H,4-5,9-11H2,1-3H3,(H,18,20). The predicted molar refractivity (Wildman–Crippen MR) is 86.0 cm³/mol. The number of hydrogen-bond acceptors (Lipinski definition) is 3. The van der Waals surface area contributed by atoms with Gasteiger partial charge in [-0.2, -0.15) is 0 Å². The summed E-state index contributed by atoms with van der Waals surface area (Å²) in [6.45, 7) is 4.72. The molecule has 2 rings (SSSR count). The van der Waals surface area contributed by atoms with Gasteiger partial charge in [-0.05, 0) is 30.4 Å². The molecule has 0 bridgehead atoms. The summed E-state index contributed by atoms with van der Waals surface area (Å²) >= 11 is 0. The lowest BCUT2D eigenvalue weighted by molar-refractivity contribution is -0.116. The van der Waals surface area contributed by atoms with Gasteiger partial charge in [-0.3, -0.25) is 4.79 Å². The minimum absolute atomic E-state index is 0.0267. The van der Waals surface area contributed by atoms with E-state index in [1.807, 2.05) is 18.2 Å². The molecule has 1 unspecified atom stereocenters. The molecule has 2 amide bonds. The highest BCUT2D eigenvalue weighted by Crippen LogP contribution is 2.23. The van der Waals surface area contributed by atoms with Crippen LogP contribution in [0.25, 0.3) is 0 Å². The normalized spacial score (nSPS) is 17.5. The molecule has 1 N–H and O–H groups in total. The van der Waals surface area contributed by atoms with Gasteiger partial charge in [0.1, 0.15) is 6.10 Å². The maximum absolute atomic E-state index is 12.2. The van der Waals surface area contributed by atoms with E-state index < -0.39 is 0 Å². The number of nitrogens with zero attached hydrogens (tertiary/aromatic N) is 1. The van der Waals surface area contributed by atoms with Crippen molar-refractivity contribution >= 4 is 17.7 Å². The number of hydrogen-bond donors (Lipinski definition) is 1. The van der Waals surface area contributed by atoms with Gasteiger partial charge in [0, 0.05) is 19.2 Å². The summed E-state index contributed by atoms with van der Waals surface area (Å²) in [7, 11) is 1.70. The van der Waals surface area contributed by atoms with Gasteiger partial charge in [-0.25, -0.2) is 4.79 Å². The largest absolute Gasteiger partial charge is 0.444 e. The Balaban J connectivity index is 1.94. The lowest BCUT2D eigenvalue weighted by atomic mass is 10.0. The fraction of sp³-hybridized carbons (Fsp3) is 0.529. The highest BCUT2D eigenvalue weighted by molar-refractivity contribution is 5.92. The van der Waals surface area contributed by atoms with E-state index in [1.54, 1.807) is 7.05 Å². The highest BCUT2D eigenvalue weighted by Gasteiger charge is 2.28. The summed E-state index contributed by atoms with van der Waals surface area (Å²) in [5.74, 6) is -0.0267. The lowest BCUT2D eigenvalue weighted by Gasteiger charge is -2.15. The molecular formula is C17H24N2O3. The number of likely N-dealkylation sites (N-methyl/N-ethyl adjacent to an activating group) is 1. The minimum atomic E-state index is -0.310. The van der Waals surface area contributed by atoms with Crippen molar-refractivity contribution in [2.75, 3.05) is 18.9 Å². The molecule has 5 nitrogen and oxygen atoms in total. The topological polar surface area (TPSA) is 58.6 Å². The molecule has 1 aliphatic heterocycles. The number of amides is 2. The molecule has 1 aromatic carbocycles. The van der Waals surface area contributed by atoms with Gasteiger partial charge >= 0.3 is 6.09 Å². The van der Waals surface area contributed by atoms with Gasteiger partial charge in [0.25, 0.3) is 0 Å². The molecule has 0 aromatic heterocycles. The maximum Gasteiger partial charge on any atom is 0.409 e. The van der Waals surface area contributed by atoms with Gasteiger partial charge < -0.3 is 15.0 Å². The molecule has 0 aliphatic carbocycles. The lowest BCUT2D eigenvalue weighted by Crippen LogP contribution is -2.21. The summed E-state index contributed by atoms with van der Waals surface area (Å²) in [6, 6.07) is 6.12. The molecule has 120 valence electrons. The van der Waals surface area contributed by atoms with E-state index in [9.17, 15) is 9.59 Å². The Kier molecular flexibility index (Phi) is 5.41. The molecule has 22 heavy (non-hydrogen) atoms. The summed E-state index contributed by atoms with van der Waals surface area (Å²) < 4.78 is 5.17. The Morgan fingerprint density at radius 1 is 1.32 bits per heavy atom. The Labute approximate surface area is 131 Å². The summed E-state index contributed by atoms with van der Waals surface area (Å²) in [5, 5.41) is 3.03. The molecule has 1 fully saturated rings. The Hall–Kier alpha value is -2.04. The molecule has 1 aromatic rings. The van der Waals surface area contributed by atoms with Gasteiger partial charge in [0.05, 0.1) is 6.54 Å². The number of aryl methyl sites for hydroxylation is 2. The molecule has 1 aliphatic rings. The van der Waals surface area contributed by atoms with E-state index in [4.69, 9.17) is 4.74 Å². The van der Waals surface area contributed by atoms with Crippen LogP contribution < -0.4 is 5.32 Å². The molecule has 1 heterocycles. The molecule has 1 atom stereocenters. The van der Waals surface area contributed by atoms with Crippen LogP contribution in [0, 0.1) is 0 Å². The zero-order valence-electron chi connectivity index (χ0n) is 13.5. The van der Waals surface area contributed by atoms with Gasteiger partial charge in [0.15, 0.2) is 0 Å². The number of ether oxygens (including phenoxy) is 1. The third-order valence-corrected chi connectivity index (χ3v) is 4.01. The third kappa shape index (κ3) is 3.78. The number of para-hydroxylation sites is 1. The van der Waals surface area contributed by atoms with Crippen molar-refractivity contribution in [3.8, 4) is 0 Å². The summed E-state index contributed by atoms with van der Waals surface area (Å²) in [5.41, 5.74) is 3.25. The van der Waals surface area contributed by atoms with Gasteiger partial charge in [-0.15, -0.1) is 0 Å². The predicted octanol–water partition coefficient (Wildman–Crippen LogP) is 2.98. The van der Waals surface area contributed by atoms with E-state index in [-0.39, 0.29) is 18.1 Å². The van der Waals surface area contributed by atoms with Crippen molar-refractivity contribution in [2.24, 2.45) is 0 Å². The second kappa shape index (κ2) is 7.29. The SMILES string of the molecule is CCc1cccc(CC)c1NC(=O)CCC1CN(C)C(=O)O1. The Bertz CT molecular complexity index is 535. The van der Waals surface area contributed by atoms with E-state index in [1.165, 1.54) is 4.90 Å². The molecule has 0 saturated carbocycles. The first-order chi connectivity index (χ1) is 10.5. The second-order valence-corrected chi connectivity index (χ2v) is 5.63. The zero-order valence-corrected chi connectivity index (χ0v) is 13.5. The van der Waals surface area contributed by atoms with Crippen LogP contribution in [-0.2, 0) is 22.4 Å². The van der Waals surface area contributed by atoms with Crippen LogP contribution in [0.5, 0.6) is 0 Å². The fourth-order valence-corrected chi connectivity index (χ4v) is 2.70. The number of cyclic esters (lactones) is 1. The molecular weight excluding hydrogens is 280 g/mol. The number of anilines is 1. The minimum Gasteiger partial charge on any atom is -0.444 e. The van der Waals surface area contributed by atoms with Crippen molar-refractivity contribution < 1.29 is 14.3 Å². The monoisotopic (exact) mass is 304 g/mol. The van der Waals surface area contributed by atoms with Crippen LogP contribution in [0.3, 0.4) is 0 Å². The Morgan fingerprint density at radius 2 is 1.95 bits per heavy atom. The zero-order chi connectivity index (χ0) is 16.1. The molecule has 5 heteroatoms. The molecule has 1 saturated heterocycles. The van der Waals surface area contributed by atoms with Crippen molar-refractivity contribution in [1.29, 1.82) is 0 Å². The van der Waals surface area contributed by atoms with Gasteiger partial charge in [0.2, 0.25) is 5.91 Å². The summed E-state index contributed by atoms with van der Waals surface area (Å²) in [6.07, 6.45) is 2.18. The Morgan fingerprint density at radius 3 is 2.45 bits per heavy atom. The van der Waals surface area contributed by atoms with E-state index in [0.717, 1.165) is 29.7 Å². The number of benzene rings is 1. The first kappa shape index (κ1) is 16.3. The van der Waals surface area contributed by atoms with Crippen molar-refractivity contribution in [3.05, 3.63) is 29.3 Å². The number of carbonyl (C=O) groups excluding carboxylic acids is 2. The second-order valence-electron chi connectivity index (χ2n) is 5.63. The first-order valence-electron chi connectivity index (χ1n) is 7.87. The van der Waals surface area contributed by atoms with E-state index >= 15 is 0 Å². The first-order valence-corrected chi connectivity index (χ1v) is 7.87. The van der Waals surface area contributed by atoms with Crippen LogP contribution in [0.15, 0.2) is 18.2 Å². The number of carbonyl (C=O) groups is 2. The van der Waals surface area contributed by atoms with Crippen LogP contribution in [-0.4, -0.2) is 36.6 Å². The average molecular weight is 304 g/mol. The van der Waals surface area contributed by atoms with Gasteiger partial charge in [-0.1, -0.05) is 32.0 Å². The third-order valence-electron chi connectivity index (χ3n) is 4.01. The smallest absolute Gasteiger partial charge is 0.409 e. The van der Waals surface area contributed by atoms with Crippen molar-refractivity contribution in [2.45, 2.75) is 45.6 Å². The van der Waals surface area contributed by atoms with Crippen molar-refractivity contribution in [3.63, 3.8) is 0 Å². The fourth-order valence-electron chi connectivity index (χ4n) is 2.70. The molecule has 0 spiro atoms. The van der Waals surface area contributed by atoms with Crippen LogP contribution in [0.1, 0.15) is 37.8 Å². The van der Waals surface area contributed by atoms with Crippen molar-refractivity contribution in [1.82, 2.24) is 4.90 Å². The molecule has 0 radical (unpaired) electrons. The highest BCUT2D eigenvalue weighted by atomic mass is 16.6. The summed E-state index contributed by atoms with van der Waals surface area (Å²) in [4.78, 5) is 25.0. The van der Waals surface area contributed by atoms with E-state index in [2.05, 4.69) is 19.2 Å². The van der Waals surface area contributed by atoms with Crippen LogP contribution in [0.2, 0.25) is 0 Å². The number of nitrogens with one attached hydrogen (secondary N) is 1. The quantitative estimate of drug-likeness (QED) is 0.879. The van der Waals surface area contributed by atoms with Crippen LogP contribution in [0.4, 0.5) is 10.5 Å². The number of rotatable bonds is 6.